The van der Waals surface area contributed by atoms with E-state index >= 15 is 0 Å². The number of H-pyrrole nitrogens is 4. The second-order valence-corrected chi connectivity index (χ2v) is 14.9. The van der Waals surface area contributed by atoms with Crippen LogP contribution in [0.4, 0.5) is 45.5 Å². The van der Waals surface area contributed by atoms with Gasteiger partial charge in [-0.05, 0) is 126 Å². The molecule has 0 bridgehead atoms. The second kappa shape index (κ2) is 16.8. The minimum absolute atomic E-state index is 0.694. The number of hydrogen-bond acceptors (Lipinski definition) is 12. The summed E-state index contributed by atoms with van der Waals surface area (Å²) in [6.45, 7) is 15.3. The monoisotopic (exact) mass is 808 g/mol. The summed E-state index contributed by atoms with van der Waals surface area (Å²) in [5.74, 6) is 0. The summed E-state index contributed by atoms with van der Waals surface area (Å²) in [6, 6.07) is 32.6. The van der Waals surface area contributed by atoms with Crippen LogP contribution in [0.5, 0.6) is 0 Å². The molecule has 0 spiro atoms. The average molecular weight is 809 g/mol. The Morgan fingerprint density at radius 2 is 0.492 bits per heavy atom. The molecule has 304 valence electrons. The van der Waals surface area contributed by atoms with Gasteiger partial charge in [0.05, 0.1) is 73.7 Å². The molecule has 0 aliphatic heterocycles. The molecule has 16 heteroatoms. The molecule has 8 aromatic rings. The van der Waals surface area contributed by atoms with Gasteiger partial charge in [0.25, 0.3) is 0 Å². The van der Waals surface area contributed by atoms with Gasteiger partial charge in [-0.25, -0.2) is 0 Å². The molecular formula is C45H44N16. The molecule has 0 atom stereocenters. The highest BCUT2D eigenvalue weighted by Crippen LogP contribution is 2.47. The van der Waals surface area contributed by atoms with Gasteiger partial charge in [0.2, 0.25) is 0 Å². The van der Waals surface area contributed by atoms with Crippen LogP contribution < -0.4 is 0 Å². The van der Waals surface area contributed by atoms with Crippen LogP contribution in [0.1, 0.15) is 67.8 Å². The molecule has 4 aromatic heterocycles. The summed E-state index contributed by atoms with van der Waals surface area (Å²) >= 11 is 0. The van der Waals surface area contributed by atoms with E-state index in [0.29, 0.717) is 22.7 Å². The van der Waals surface area contributed by atoms with Crippen LogP contribution in [0, 0.1) is 55.4 Å². The molecule has 8 rings (SSSR count). The van der Waals surface area contributed by atoms with Crippen molar-refractivity contribution in [2.24, 2.45) is 40.9 Å². The maximum Gasteiger partial charge on any atom is 0.129 e. The van der Waals surface area contributed by atoms with Crippen molar-refractivity contribution in [3.8, 4) is 0 Å². The standard InChI is InChI=1S/C45H44N16/c1-25-41(26(2)47-46-25)58-54-37-17-9-33(10-18-37)45(34-11-19-38(20-12-34)55-59-42-27(3)48-49-28(42)4,35-13-21-39(22-14-35)56-60-43-29(5)50-51-30(43)6)36-15-23-40(24-16-36)57-61-44-31(7)52-53-32(44)8/h9-24H,1-8H3,(H,46,47)(H,48,49)(H,50,51)(H,52,53). The van der Waals surface area contributed by atoms with E-state index in [1.807, 2.05) is 104 Å². The normalized spacial score (nSPS) is 13.1. The zero-order valence-corrected chi connectivity index (χ0v) is 35.1. The Labute approximate surface area is 351 Å². The minimum Gasteiger partial charge on any atom is -0.280 e. The zero-order chi connectivity index (χ0) is 42.7. The van der Waals surface area contributed by atoms with E-state index in [-0.39, 0.29) is 0 Å². The molecule has 0 amide bonds. The number of azo groups is 4. The maximum absolute atomic E-state index is 4.58. The molecule has 0 unspecified atom stereocenters. The van der Waals surface area contributed by atoms with Gasteiger partial charge in [-0.15, -0.1) is 20.5 Å². The number of aromatic nitrogens is 8. The van der Waals surface area contributed by atoms with Crippen molar-refractivity contribution in [1.82, 2.24) is 40.8 Å². The van der Waals surface area contributed by atoms with Crippen molar-refractivity contribution in [3.63, 3.8) is 0 Å². The summed E-state index contributed by atoms with van der Waals surface area (Å²) in [4.78, 5) is 0. The fourth-order valence-electron chi connectivity index (χ4n) is 7.31. The number of aromatic amines is 4. The van der Waals surface area contributed by atoms with E-state index in [0.717, 1.165) is 90.6 Å². The summed E-state index contributed by atoms with van der Waals surface area (Å²) in [5.41, 5.74) is 15.3. The number of nitrogens with one attached hydrogen (secondary N) is 4. The van der Waals surface area contributed by atoms with E-state index in [9.17, 15) is 0 Å². The predicted octanol–water partition coefficient (Wildman–Crippen LogP) is 13.1. The quantitative estimate of drug-likeness (QED) is 0.0700. The first-order valence-corrected chi connectivity index (χ1v) is 19.7. The van der Waals surface area contributed by atoms with Gasteiger partial charge in [-0.2, -0.15) is 40.9 Å². The number of nitrogens with zero attached hydrogens (tertiary/aromatic N) is 12. The molecule has 16 nitrogen and oxygen atoms in total. The number of rotatable bonds is 12. The van der Waals surface area contributed by atoms with Crippen LogP contribution in [0.25, 0.3) is 0 Å². The van der Waals surface area contributed by atoms with E-state index in [1.165, 1.54) is 0 Å². The van der Waals surface area contributed by atoms with Crippen molar-refractivity contribution >= 4 is 45.5 Å². The first-order valence-electron chi connectivity index (χ1n) is 19.7. The molecule has 4 N–H and O–H groups in total. The Kier molecular flexibility index (Phi) is 11.0. The Bertz CT molecular complexity index is 2440. The number of hydrogen-bond donors (Lipinski definition) is 4. The van der Waals surface area contributed by atoms with E-state index < -0.39 is 5.41 Å². The van der Waals surface area contributed by atoms with Gasteiger partial charge in [0.1, 0.15) is 22.7 Å². The predicted molar refractivity (Wildman–Crippen MR) is 234 cm³/mol. The lowest BCUT2D eigenvalue weighted by atomic mass is 9.65. The summed E-state index contributed by atoms with van der Waals surface area (Å²) in [6.07, 6.45) is 0. The number of benzene rings is 4. The molecule has 61 heavy (non-hydrogen) atoms. The summed E-state index contributed by atoms with van der Waals surface area (Å²) < 4.78 is 0. The largest absolute Gasteiger partial charge is 0.280 e. The average Bonchev–Trinajstić information content (AvgIpc) is 3.99. The van der Waals surface area contributed by atoms with Gasteiger partial charge >= 0.3 is 0 Å². The molecule has 4 aromatic carbocycles. The fraction of sp³-hybridized carbons (Fsp3) is 0.200. The maximum atomic E-state index is 4.58. The third kappa shape index (κ3) is 7.98. The van der Waals surface area contributed by atoms with Crippen molar-refractivity contribution in [2.45, 2.75) is 60.8 Å². The smallest absolute Gasteiger partial charge is 0.129 e. The van der Waals surface area contributed by atoms with Crippen molar-refractivity contribution < 1.29 is 0 Å². The number of aryl methyl sites for hydroxylation is 8. The van der Waals surface area contributed by atoms with E-state index in [1.54, 1.807) is 0 Å². The Morgan fingerprint density at radius 1 is 0.295 bits per heavy atom. The van der Waals surface area contributed by atoms with Gasteiger partial charge < -0.3 is 0 Å². The fourth-order valence-corrected chi connectivity index (χ4v) is 7.31. The topological polar surface area (TPSA) is 214 Å². The highest BCUT2D eigenvalue weighted by molar-refractivity contribution is 5.64. The lowest BCUT2D eigenvalue weighted by Crippen LogP contribution is -2.30. The van der Waals surface area contributed by atoms with Crippen LogP contribution in [0.2, 0.25) is 0 Å². The van der Waals surface area contributed by atoms with Crippen molar-refractivity contribution in [2.75, 3.05) is 0 Å². The van der Waals surface area contributed by atoms with E-state index in [2.05, 4.69) is 130 Å². The molecule has 0 fully saturated rings. The molecule has 0 saturated heterocycles. The Hall–Kier alpha value is -7.88. The summed E-state index contributed by atoms with van der Waals surface area (Å²) in [7, 11) is 0. The minimum atomic E-state index is -0.859. The van der Waals surface area contributed by atoms with Gasteiger partial charge in [-0.1, -0.05) is 48.5 Å². The summed E-state index contributed by atoms with van der Waals surface area (Å²) in [5, 5.41) is 65.4. The van der Waals surface area contributed by atoms with Gasteiger partial charge in [-0.3, -0.25) is 20.4 Å². The molecule has 4 heterocycles. The van der Waals surface area contributed by atoms with Crippen LogP contribution in [0.3, 0.4) is 0 Å². The molecule has 0 saturated carbocycles. The van der Waals surface area contributed by atoms with Crippen molar-refractivity contribution in [3.05, 3.63) is 165 Å². The lowest BCUT2D eigenvalue weighted by molar-refractivity contribution is 0.745. The second-order valence-electron chi connectivity index (χ2n) is 14.9. The molecule has 0 aliphatic carbocycles. The highest BCUT2D eigenvalue weighted by atomic mass is 15.2. The Morgan fingerprint density at radius 3 is 0.656 bits per heavy atom. The van der Waals surface area contributed by atoms with Crippen LogP contribution >= 0.6 is 0 Å². The molecular weight excluding hydrogens is 765 g/mol. The first-order chi connectivity index (χ1) is 29.5. The van der Waals surface area contributed by atoms with Crippen LogP contribution in [-0.2, 0) is 5.41 Å². The third-order valence-electron chi connectivity index (χ3n) is 10.6. The SMILES string of the molecule is Cc1n[nH]c(C)c1N=Nc1ccc(C(c2ccc(N=Nc3c(C)n[nH]c3C)cc2)(c2ccc(N=Nc3c(C)n[nH]c3C)cc2)c2ccc(N=Nc3c(C)n[nH]c3C)cc2)cc1. The molecule has 0 aliphatic rings. The first kappa shape index (κ1) is 39.9. The lowest BCUT2D eigenvalue weighted by Gasteiger charge is -2.37. The molecule has 0 radical (unpaired) electrons. The van der Waals surface area contributed by atoms with Gasteiger partial charge in [0.15, 0.2) is 0 Å². The van der Waals surface area contributed by atoms with Crippen LogP contribution in [-0.4, -0.2) is 40.8 Å². The van der Waals surface area contributed by atoms with Gasteiger partial charge in [0, 0.05) is 0 Å². The third-order valence-corrected chi connectivity index (χ3v) is 10.6. The Balaban J connectivity index is 1.27. The van der Waals surface area contributed by atoms with E-state index in [4.69, 9.17) is 0 Å². The van der Waals surface area contributed by atoms with Crippen LogP contribution in [0.15, 0.2) is 138 Å². The zero-order valence-electron chi connectivity index (χ0n) is 35.1. The van der Waals surface area contributed by atoms with Crippen molar-refractivity contribution in [1.29, 1.82) is 0 Å². The highest BCUT2D eigenvalue weighted by Gasteiger charge is 2.38.